The molecular weight excluding hydrogens is 519 g/mol. The van der Waals surface area contributed by atoms with Crippen LogP contribution in [0.3, 0.4) is 0 Å². The van der Waals surface area contributed by atoms with Gasteiger partial charge in [-0.05, 0) is 56.3 Å². The van der Waals surface area contributed by atoms with Crippen LogP contribution in [0.4, 0.5) is 24.0 Å². The monoisotopic (exact) mass is 541 g/mol. The standard InChI is InChI=1S/C26H22F3N5O3S/c1-15-9-18(16(2)34(15)22-8-3-5-17(10-22)24(36)37)13-30-33-23(35)12-21-14-38-25(32-21)31-20-7-4-6-19(11-20)26(27,28)29/h3-11,13-14H,12H2,1-2H3,(H,31,32)(H,33,35)(H,36,37)/b30-13-. The molecule has 0 bridgehead atoms. The first kappa shape index (κ1) is 26.6. The van der Waals surface area contributed by atoms with Crippen molar-refractivity contribution in [2.24, 2.45) is 5.10 Å². The van der Waals surface area contributed by atoms with E-state index in [1.807, 2.05) is 24.5 Å². The lowest BCUT2D eigenvalue weighted by atomic mass is 10.2. The first-order valence-corrected chi connectivity index (χ1v) is 12.1. The minimum absolute atomic E-state index is 0.0703. The van der Waals surface area contributed by atoms with Crippen molar-refractivity contribution in [1.29, 1.82) is 0 Å². The van der Waals surface area contributed by atoms with Gasteiger partial charge < -0.3 is 15.0 Å². The van der Waals surface area contributed by atoms with Gasteiger partial charge in [0, 0.05) is 33.7 Å². The third kappa shape index (κ3) is 6.27. The SMILES string of the molecule is Cc1cc(/C=N\NC(=O)Cc2csc(Nc3cccc(C(F)(F)F)c3)n2)c(C)n1-c1cccc(C(=O)O)c1. The maximum Gasteiger partial charge on any atom is 0.416 e. The number of carboxylic acids is 1. The molecule has 0 saturated heterocycles. The van der Waals surface area contributed by atoms with Gasteiger partial charge in [0.05, 0.1) is 29.5 Å². The molecule has 0 aliphatic heterocycles. The van der Waals surface area contributed by atoms with E-state index in [9.17, 15) is 27.9 Å². The van der Waals surface area contributed by atoms with Crippen LogP contribution in [0.15, 0.2) is 65.1 Å². The van der Waals surface area contributed by atoms with E-state index in [1.165, 1.54) is 35.8 Å². The Morgan fingerprint density at radius 1 is 1.13 bits per heavy atom. The van der Waals surface area contributed by atoms with Crippen molar-refractivity contribution in [1.82, 2.24) is 15.0 Å². The second-order valence-electron chi connectivity index (χ2n) is 8.33. The fraction of sp³-hybridized carbons (Fsp3) is 0.154. The lowest BCUT2D eigenvalue weighted by Gasteiger charge is -2.10. The van der Waals surface area contributed by atoms with Crippen LogP contribution in [-0.4, -0.2) is 32.7 Å². The van der Waals surface area contributed by atoms with Gasteiger partial charge in [0.1, 0.15) is 0 Å². The lowest BCUT2D eigenvalue weighted by molar-refractivity contribution is -0.137. The van der Waals surface area contributed by atoms with Gasteiger partial charge in [0.25, 0.3) is 0 Å². The predicted molar refractivity (Wildman–Crippen MR) is 138 cm³/mol. The van der Waals surface area contributed by atoms with Crippen molar-refractivity contribution >= 4 is 40.2 Å². The zero-order valence-electron chi connectivity index (χ0n) is 20.2. The van der Waals surface area contributed by atoms with Crippen molar-refractivity contribution in [3.05, 3.63) is 93.7 Å². The smallest absolute Gasteiger partial charge is 0.416 e. The van der Waals surface area contributed by atoms with Crippen molar-refractivity contribution in [2.45, 2.75) is 26.4 Å². The number of nitrogens with one attached hydrogen (secondary N) is 2. The normalized spacial score (nSPS) is 11.6. The van der Waals surface area contributed by atoms with Crippen molar-refractivity contribution in [2.75, 3.05) is 5.32 Å². The number of carbonyl (C=O) groups is 2. The first-order chi connectivity index (χ1) is 18.0. The number of halogens is 3. The van der Waals surface area contributed by atoms with Gasteiger partial charge in [-0.1, -0.05) is 12.1 Å². The Hall–Kier alpha value is -4.45. The van der Waals surface area contributed by atoms with Crippen molar-refractivity contribution in [3.63, 3.8) is 0 Å². The number of anilines is 2. The van der Waals surface area contributed by atoms with Crippen molar-refractivity contribution in [3.8, 4) is 5.69 Å². The van der Waals surface area contributed by atoms with Crippen LogP contribution >= 0.6 is 11.3 Å². The minimum Gasteiger partial charge on any atom is -0.478 e. The predicted octanol–water partition coefficient (Wildman–Crippen LogP) is 5.70. The number of thiazole rings is 1. The summed E-state index contributed by atoms with van der Waals surface area (Å²) in [5.74, 6) is -1.43. The quantitative estimate of drug-likeness (QED) is 0.196. The number of hydrogen-bond donors (Lipinski definition) is 3. The van der Waals surface area contributed by atoms with Gasteiger partial charge in [-0.2, -0.15) is 18.3 Å². The van der Waals surface area contributed by atoms with Crippen LogP contribution in [0.25, 0.3) is 5.69 Å². The molecular formula is C26H22F3N5O3S. The molecule has 0 aliphatic rings. The molecule has 1 amide bonds. The number of benzene rings is 2. The number of amides is 1. The number of hydrogen-bond acceptors (Lipinski definition) is 6. The summed E-state index contributed by atoms with van der Waals surface area (Å²) in [6.45, 7) is 3.74. The number of aromatic carboxylic acids is 1. The van der Waals surface area contributed by atoms with Gasteiger partial charge in [-0.15, -0.1) is 11.3 Å². The number of alkyl halides is 3. The summed E-state index contributed by atoms with van der Waals surface area (Å²) in [7, 11) is 0. The molecule has 2 heterocycles. The van der Waals surface area contributed by atoms with Gasteiger partial charge in [0.15, 0.2) is 5.13 Å². The summed E-state index contributed by atoms with van der Waals surface area (Å²) in [5.41, 5.74) is 5.63. The molecule has 8 nitrogen and oxygen atoms in total. The molecule has 0 aliphatic carbocycles. The number of hydrazone groups is 1. The summed E-state index contributed by atoms with van der Waals surface area (Å²) in [6.07, 6.45) is -3.02. The average molecular weight is 542 g/mol. The zero-order valence-corrected chi connectivity index (χ0v) is 21.0. The summed E-state index contributed by atoms with van der Waals surface area (Å²) in [6, 6.07) is 13.2. The summed E-state index contributed by atoms with van der Waals surface area (Å²) < 4.78 is 40.6. The number of rotatable bonds is 8. The lowest BCUT2D eigenvalue weighted by Crippen LogP contribution is -2.20. The second kappa shape index (κ2) is 10.9. The van der Waals surface area contributed by atoms with E-state index in [2.05, 4.69) is 20.8 Å². The van der Waals surface area contributed by atoms with E-state index in [-0.39, 0.29) is 17.7 Å². The summed E-state index contributed by atoms with van der Waals surface area (Å²) in [4.78, 5) is 27.9. The Balaban J connectivity index is 1.37. The Labute approximate surface area is 219 Å². The molecule has 0 saturated carbocycles. The van der Waals surface area contributed by atoms with Crippen LogP contribution in [0.2, 0.25) is 0 Å². The zero-order chi connectivity index (χ0) is 27.4. The maximum atomic E-state index is 12.9. The van der Waals surface area contributed by atoms with Gasteiger partial charge in [0.2, 0.25) is 5.91 Å². The highest BCUT2D eigenvalue weighted by Gasteiger charge is 2.30. The van der Waals surface area contributed by atoms with E-state index in [0.717, 1.165) is 29.1 Å². The number of carboxylic acid groups (broad SMARTS) is 1. The van der Waals surface area contributed by atoms with Crippen LogP contribution in [0, 0.1) is 13.8 Å². The Kier molecular flexibility index (Phi) is 7.62. The Morgan fingerprint density at radius 3 is 2.63 bits per heavy atom. The molecule has 4 aromatic rings. The van der Waals surface area contributed by atoms with E-state index in [1.54, 1.807) is 23.6 Å². The molecule has 38 heavy (non-hydrogen) atoms. The van der Waals surface area contributed by atoms with E-state index in [4.69, 9.17) is 0 Å². The molecule has 0 atom stereocenters. The third-order valence-electron chi connectivity index (χ3n) is 5.55. The highest BCUT2D eigenvalue weighted by atomic mass is 32.1. The molecule has 12 heteroatoms. The molecule has 2 aromatic carbocycles. The summed E-state index contributed by atoms with van der Waals surface area (Å²) >= 11 is 1.17. The van der Waals surface area contributed by atoms with Crippen LogP contribution in [0.1, 0.15) is 38.6 Å². The molecule has 4 rings (SSSR count). The topological polar surface area (TPSA) is 109 Å². The number of aromatic nitrogens is 2. The molecule has 3 N–H and O–H groups in total. The average Bonchev–Trinajstić information content (AvgIpc) is 3.41. The summed E-state index contributed by atoms with van der Waals surface area (Å²) in [5, 5.41) is 18.1. The second-order valence-corrected chi connectivity index (χ2v) is 9.19. The fourth-order valence-corrected chi connectivity index (χ4v) is 4.54. The Morgan fingerprint density at radius 2 is 1.89 bits per heavy atom. The number of carbonyl (C=O) groups excluding carboxylic acids is 1. The molecule has 0 unspecified atom stereocenters. The van der Waals surface area contributed by atoms with E-state index in [0.29, 0.717) is 16.5 Å². The largest absolute Gasteiger partial charge is 0.478 e. The Bertz CT molecular complexity index is 1520. The molecule has 0 radical (unpaired) electrons. The third-order valence-corrected chi connectivity index (χ3v) is 6.36. The first-order valence-electron chi connectivity index (χ1n) is 11.2. The maximum absolute atomic E-state index is 12.9. The van der Waals surface area contributed by atoms with Crippen LogP contribution < -0.4 is 10.7 Å². The van der Waals surface area contributed by atoms with Gasteiger partial charge in [-0.3, -0.25) is 4.79 Å². The van der Waals surface area contributed by atoms with Gasteiger partial charge in [-0.25, -0.2) is 15.2 Å². The molecule has 0 spiro atoms. The van der Waals surface area contributed by atoms with Crippen molar-refractivity contribution < 1.29 is 27.9 Å². The van der Waals surface area contributed by atoms with E-state index >= 15 is 0 Å². The highest BCUT2D eigenvalue weighted by molar-refractivity contribution is 7.13. The number of aryl methyl sites for hydroxylation is 1. The van der Waals surface area contributed by atoms with Crippen LogP contribution in [-0.2, 0) is 17.4 Å². The number of nitrogens with zero attached hydrogens (tertiary/aromatic N) is 3. The van der Waals surface area contributed by atoms with E-state index < -0.39 is 23.6 Å². The molecule has 2 aromatic heterocycles. The minimum atomic E-state index is -4.45. The fourth-order valence-electron chi connectivity index (χ4n) is 3.81. The highest BCUT2D eigenvalue weighted by Crippen LogP contribution is 2.32. The van der Waals surface area contributed by atoms with Crippen LogP contribution in [0.5, 0.6) is 0 Å². The molecule has 196 valence electrons. The molecule has 0 fully saturated rings. The van der Waals surface area contributed by atoms with Gasteiger partial charge >= 0.3 is 12.1 Å².